The number of para-hydroxylation sites is 1. The summed E-state index contributed by atoms with van der Waals surface area (Å²) in [6.07, 6.45) is 1.99. The first-order valence-electron chi connectivity index (χ1n) is 6.04. The van der Waals surface area contributed by atoms with Crippen LogP contribution in [-0.4, -0.2) is 4.57 Å². The van der Waals surface area contributed by atoms with Crippen molar-refractivity contribution in [2.45, 2.75) is 0 Å². The van der Waals surface area contributed by atoms with Gasteiger partial charge in [-0.2, -0.15) is 0 Å². The lowest BCUT2D eigenvalue weighted by Crippen LogP contribution is -2.31. The maximum Gasteiger partial charge on any atom is 0.299 e. The summed E-state index contributed by atoms with van der Waals surface area (Å²) in [4.78, 5) is 0.949. The van der Waals surface area contributed by atoms with Crippen molar-refractivity contribution in [3.05, 3.63) is 53.5 Å². The third-order valence-electron chi connectivity index (χ3n) is 3.04. The molecular formula is C14H15N4S+. The third-order valence-corrected chi connectivity index (χ3v) is 4.15. The molecule has 0 radical (unpaired) electrons. The molecule has 0 fully saturated rings. The van der Waals surface area contributed by atoms with E-state index in [2.05, 4.69) is 27.2 Å². The van der Waals surface area contributed by atoms with E-state index >= 15 is 0 Å². The summed E-state index contributed by atoms with van der Waals surface area (Å²) in [6.45, 7) is 0. The fourth-order valence-electron chi connectivity index (χ4n) is 1.93. The molecule has 0 unspecified atom stereocenters. The fraction of sp³-hybridized carbons (Fsp3) is 0.143. The highest BCUT2D eigenvalue weighted by atomic mass is 32.1. The second kappa shape index (κ2) is 4.85. The average molecular weight is 271 g/mol. The van der Waals surface area contributed by atoms with Crippen molar-refractivity contribution >= 4 is 27.4 Å². The highest BCUT2D eigenvalue weighted by Gasteiger charge is 2.04. The van der Waals surface area contributed by atoms with Crippen LogP contribution in [0.25, 0.3) is 10.2 Å². The normalized spacial score (nSPS) is 12.0. The molecule has 0 spiro atoms. The number of benzene rings is 1. The van der Waals surface area contributed by atoms with Gasteiger partial charge in [-0.15, -0.1) is 5.43 Å². The van der Waals surface area contributed by atoms with Gasteiger partial charge in [0.25, 0.3) is 5.82 Å². The number of anilines is 1. The summed E-state index contributed by atoms with van der Waals surface area (Å²) in [6, 6.07) is 14.3. The lowest BCUT2D eigenvalue weighted by molar-refractivity contribution is -0.657. The summed E-state index contributed by atoms with van der Waals surface area (Å²) >= 11 is 1.67. The molecule has 0 aliphatic rings. The van der Waals surface area contributed by atoms with Crippen LogP contribution in [0.15, 0.2) is 53.8 Å². The van der Waals surface area contributed by atoms with Gasteiger partial charge >= 0.3 is 0 Å². The fourth-order valence-corrected chi connectivity index (χ4v) is 2.91. The molecule has 5 heteroatoms. The molecule has 1 aromatic carbocycles. The van der Waals surface area contributed by atoms with Crippen LogP contribution in [0.4, 0.5) is 5.82 Å². The molecule has 0 amide bonds. The number of rotatable bonds is 2. The van der Waals surface area contributed by atoms with Gasteiger partial charge in [0.1, 0.15) is 0 Å². The van der Waals surface area contributed by atoms with E-state index in [0.717, 1.165) is 10.6 Å². The van der Waals surface area contributed by atoms with E-state index in [1.54, 1.807) is 11.3 Å². The van der Waals surface area contributed by atoms with Crippen LogP contribution in [-0.2, 0) is 14.1 Å². The summed E-state index contributed by atoms with van der Waals surface area (Å²) in [7, 11) is 4.02. The number of thiazole rings is 1. The maximum absolute atomic E-state index is 4.48. The zero-order valence-electron chi connectivity index (χ0n) is 10.9. The van der Waals surface area contributed by atoms with E-state index in [-0.39, 0.29) is 0 Å². The molecule has 0 aliphatic carbocycles. The maximum atomic E-state index is 4.48. The zero-order chi connectivity index (χ0) is 13.2. The van der Waals surface area contributed by atoms with E-state index in [9.17, 15) is 0 Å². The first-order chi connectivity index (χ1) is 9.25. The van der Waals surface area contributed by atoms with Crippen molar-refractivity contribution in [1.29, 1.82) is 0 Å². The van der Waals surface area contributed by atoms with Gasteiger partial charge in [-0.3, -0.25) is 0 Å². The second-order valence-electron chi connectivity index (χ2n) is 4.33. The number of aromatic nitrogens is 2. The van der Waals surface area contributed by atoms with Gasteiger partial charge in [0.15, 0.2) is 0 Å². The van der Waals surface area contributed by atoms with E-state index in [1.807, 2.05) is 55.2 Å². The Kier molecular flexibility index (Phi) is 3.05. The molecular weight excluding hydrogens is 256 g/mol. The van der Waals surface area contributed by atoms with E-state index in [1.165, 1.54) is 10.2 Å². The molecule has 0 bridgehead atoms. The molecule has 19 heavy (non-hydrogen) atoms. The summed E-state index contributed by atoms with van der Waals surface area (Å²) in [5.74, 6) is 0.958. The lowest BCUT2D eigenvalue weighted by atomic mass is 10.3. The number of hydrogen-bond acceptors (Lipinski definition) is 3. The topological polar surface area (TPSA) is 33.2 Å². The van der Waals surface area contributed by atoms with Crippen molar-refractivity contribution in [3.63, 3.8) is 0 Å². The number of pyridine rings is 1. The molecule has 1 N–H and O–H groups in total. The zero-order valence-corrected chi connectivity index (χ0v) is 11.7. The molecule has 0 aliphatic heterocycles. The molecule has 3 aromatic rings. The van der Waals surface area contributed by atoms with E-state index < -0.39 is 0 Å². The van der Waals surface area contributed by atoms with Crippen LogP contribution in [0.3, 0.4) is 0 Å². The summed E-state index contributed by atoms with van der Waals surface area (Å²) < 4.78 is 5.33. The molecule has 2 heterocycles. The van der Waals surface area contributed by atoms with Crippen LogP contribution in [0.5, 0.6) is 0 Å². The Bertz CT molecular complexity index is 785. The molecule has 2 aromatic heterocycles. The quantitative estimate of drug-likeness (QED) is 0.561. The van der Waals surface area contributed by atoms with Gasteiger partial charge < -0.3 is 4.57 Å². The third kappa shape index (κ3) is 2.24. The Morgan fingerprint density at radius 2 is 1.95 bits per heavy atom. The number of nitrogens with one attached hydrogen (secondary N) is 1. The lowest BCUT2D eigenvalue weighted by Gasteiger charge is -1.96. The van der Waals surface area contributed by atoms with Gasteiger partial charge in [0.05, 0.1) is 23.5 Å². The minimum absolute atomic E-state index is 0.949. The predicted molar refractivity (Wildman–Crippen MR) is 77.6 cm³/mol. The minimum Gasteiger partial charge on any atom is -0.317 e. The van der Waals surface area contributed by atoms with Crippen molar-refractivity contribution < 1.29 is 4.57 Å². The number of nitrogens with zero attached hydrogens (tertiary/aromatic N) is 3. The standard InChI is InChI=1S/C14H14N4S/c1-17-10-6-5-9-13(17)15-16-14-18(2)11-7-3-4-8-12(11)19-14/h3-10H,1-2H3/p+1. The van der Waals surface area contributed by atoms with Crippen molar-refractivity contribution in [2.75, 3.05) is 5.43 Å². The van der Waals surface area contributed by atoms with E-state index in [0.29, 0.717) is 0 Å². The minimum atomic E-state index is 0.949. The van der Waals surface area contributed by atoms with Gasteiger partial charge in [0.2, 0.25) is 4.80 Å². The van der Waals surface area contributed by atoms with Crippen LogP contribution in [0.1, 0.15) is 0 Å². The van der Waals surface area contributed by atoms with Crippen LogP contribution >= 0.6 is 11.3 Å². The second-order valence-corrected chi connectivity index (χ2v) is 5.34. The Morgan fingerprint density at radius 3 is 2.74 bits per heavy atom. The largest absolute Gasteiger partial charge is 0.317 e. The van der Waals surface area contributed by atoms with Crippen molar-refractivity contribution in [1.82, 2.24) is 4.57 Å². The van der Waals surface area contributed by atoms with Gasteiger partial charge in [-0.25, -0.2) is 4.57 Å². The van der Waals surface area contributed by atoms with Gasteiger partial charge in [-0.1, -0.05) is 34.6 Å². The monoisotopic (exact) mass is 271 g/mol. The Balaban J connectivity index is 2.03. The summed E-state index contributed by atoms with van der Waals surface area (Å²) in [5.41, 5.74) is 4.31. The molecule has 0 saturated heterocycles. The first-order valence-corrected chi connectivity index (χ1v) is 6.86. The van der Waals surface area contributed by atoms with Crippen LogP contribution in [0, 0.1) is 0 Å². The van der Waals surface area contributed by atoms with Crippen molar-refractivity contribution in [3.8, 4) is 0 Å². The highest BCUT2D eigenvalue weighted by Crippen LogP contribution is 2.15. The molecule has 3 rings (SSSR count). The first kappa shape index (κ1) is 11.9. The van der Waals surface area contributed by atoms with Crippen molar-refractivity contribution in [2.24, 2.45) is 19.2 Å². The van der Waals surface area contributed by atoms with Gasteiger partial charge in [0, 0.05) is 13.1 Å². The van der Waals surface area contributed by atoms with E-state index in [4.69, 9.17) is 0 Å². The number of aryl methyl sites for hydroxylation is 2. The van der Waals surface area contributed by atoms with Crippen LogP contribution < -0.4 is 14.8 Å². The smallest absolute Gasteiger partial charge is 0.299 e. The Morgan fingerprint density at radius 1 is 1.16 bits per heavy atom. The summed E-state index contributed by atoms with van der Waals surface area (Å²) in [5, 5.41) is 4.48. The Hall–Kier alpha value is -2.14. The van der Waals surface area contributed by atoms with Crippen LogP contribution in [0.2, 0.25) is 0 Å². The molecule has 96 valence electrons. The molecule has 4 nitrogen and oxygen atoms in total. The average Bonchev–Trinajstić information content (AvgIpc) is 2.75. The predicted octanol–water partition coefficient (Wildman–Crippen LogP) is 1.99. The number of fused-ring (bicyclic) bond motifs is 1. The van der Waals surface area contributed by atoms with Gasteiger partial charge in [-0.05, 0) is 18.2 Å². The highest BCUT2D eigenvalue weighted by molar-refractivity contribution is 7.16. The number of hydrogen-bond donors (Lipinski definition) is 1. The molecule has 0 saturated carbocycles. The Labute approximate surface area is 115 Å². The molecule has 0 atom stereocenters. The SMILES string of the molecule is Cn1c(=NNc2cccc[n+]2C)sc2ccccc21.